The smallest absolute Gasteiger partial charge is 0.253 e. The minimum Gasteiger partial charge on any atom is -0.506 e. The maximum absolute atomic E-state index is 12.8. The topological polar surface area (TPSA) is 57.0 Å². The van der Waals surface area contributed by atoms with Gasteiger partial charge in [-0.05, 0) is 50.0 Å². The van der Waals surface area contributed by atoms with Crippen LogP contribution in [0, 0.1) is 5.92 Å². The first-order valence-electron chi connectivity index (χ1n) is 8.95. The lowest BCUT2D eigenvalue weighted by Gasteiger charge is -2.44. The molecule has 2 N–H and O–H groups in total. The average Bonchev–Trinajstić information content (AvgIpc) is 3.09. The van der Waals surface area contributed by atoms with Crippen LogP contribution in [0.25, 0.3) is 16.4 Å². The van der Waals surface area contributed by atoms with Gasteiger partial charge >= 0.3 is 0 Å². The summed E-state index contributed by atoms with van der Waals surface area (Å²) in [5, 5.41) is 14.5. The van der Waals surface area contributed by atoms with Crippen molar-refractivity contribution in [3.8, 4) is 5.75 Å². The summed E-state index contributed by atoms with van der Waals surface area (Å²) in [4.78, 5) is 15.2. The molecule has 0 spiro atoms. The third kappa shape index (κ3) is 2.38. The zero-order chi connectivity index (χ0) is 17.0. The highest BCUT2D eigenvalue weighted by molar-refractivity contribution is 5.98. The van der Waals surface area contributed by atoms with Crippen LogP contribution < -0.4 is 5.32 Å². The zero-order valence-electron chi connectivity index (χ0n) is 14.0. The molecule has 3 saturated heterocycles. The van der Waals surface area contributed by atoms with Gasteiger partial charge < -0.3 is 19.7 Å². The Morgan fingerprint density at radius 1 is 1.12 bits per heavy atom. The maximum atomic E-state index is 12.8. The summed E-state index contributed by atoms with van der Waals surface area (Å²) in [5.41, 5.74) is 2.25. The third-order valence-corrected chi connectivity index (χ3v) is 5.81. The second kappa shape index (κ2) is 5.49. The molecule has 6 rings (SSSR count). The Bertz CT molecular complexity index is 970. The van der Waals surface area contributed by atoms with Gasteiger partial charge in [0.2, 0.25) is 0 Å². The summed E-state index contributed by atoms with van der Waals surface area (Å²) in [6.45, 7) is 3.28. The van der Waals surface area contributed by atoms with E-state index >= 15 is 0 Å². The molecule has 0 radical (unpaired) electrons. The molecule has 0 unspecified atom stereocenters. The number of hydrogen-bond acceptors (Lipinski definition) is 3. The number of piperidine rings is 3. The molecule has 1 atom stereocenters. The number of amides is 1. The molecule has 5 heteroatoms. The normalized spacial score (nSPS) is 25.5. The van der Waals surface area contributed by atoms with Crippen LogP contribution in [0.3, 0.4) is 0 Å². The Morgan fingerprint density at radius 2 is 1.92 bits per heavy atom. The standard InChI is InChI=1S/C20H21N3O2/c24-19-10-14-3-1-2-4-17(14)23-11-15(9-18(19)23)20(25)21-16-12-22-7-5-13(16)6-8-22/h1-4,9-11,13,16,24H,5-8,12H2,(H,21,25)/t16-/m0/s1. The summed E-state index contributed by atoms with van der Waals surface area (Å²) in [5.74, 6) is 0.742. The van der Waals surface area contributed by atoms with E-state index < -0.39 is 0 Å². The molecule has 3 aliphatic heterocycles. The number of para-hydroxylation sites is 1. The molecule has 1 aromatic carbocycles. The largest absolute Gasteiger partial charge is 0.506 e. The van der Waals surface area contributed by atoms with Crippen molar-refractivity contribution in [1.29, 1.82) is 0 Å². The molecule has 5 heterocycles. The van der Waals surface area contributed by atoms with Crippen molar-refractivity contribution in [2.75, 3.05) is 19.6 Å². The monoisotopic (exact) mass is 335 g/mol. The van der Waals surface area contributed by atoms with Crippen LogP contribution in [0.2, 0.25) is 0 Å². The lowest BCUT2D eigenvalue weighted by atomic mass is 9.84. The van der Waals surface area contributed by atoms with E-state index in [9.17, 15) is 9.90 Å². The minimum atomic E-state index is -0.0501. The molecule has 0 aliphatic carbocycles. The number of aromatic nitrogens is 1. The summed E-state index contributed by atoms with van der Waals surface area (Å²) < 4.78 is 1.90. The molecular weight excluding hydrogens is 314 g/mol. The van der Waals surface area contributed by atoms with Crippen LogP contribution in [0.1, 0.15) is 23.2 Å². The molecule has 3 aromatic rings. The summed E-state index contributed by atoms with van der Waals surface area (Å²) >= 11 is 0. The second-order valence-electron chi connectivity index (χ2n) is 7.29. The van der Waals surface area contributed by atoms with Gasteiger partial charge in [-0.1, -0.05) is 18.2 Å². The van der Waals surface area contributed by atoms with Crippen molar-refractivity contribution in [1.82, 2.24) is 14.6 Å². The van der Waals surface area contributed by atoms with Gasteiger partial charge in [0.15, 0.2) is 0 Å². The van der Waals surface area contributed by atoms with Gasteiger partial charge in [-0.2, -0.15) is 0 Å². The predicted molar refractivity (Wildman–Crippen MR) is 97.0 cm³/mol. The van der Waals surface area contributed by atoms with Crippen LogP contribution in [-0.4, -0.2) is 46.0 Å². The molecule has 5 nitrogen and oxygen atoms in total. The van der Waals surface area contributed by atoms with E-state index in [0.717, 1.165) is 30.5 Å². The van der Waals surface area contributed by atoms with Crippen molar-refractivity contribution in [2.45, 2.75) is 18.9 Å². The fraction of sp³-hybridized carbons (Fsp3) is 0.350. The average molecular weight is 335 g/mol. The van der Waals surface area contributed by atoms with Gasteiger partial charge in [0.25, 0.3) is 5.91 Å². The number of nitrogens with one attached hydrogen (secondary N) is 1. The van der Waals surface area contributed by atoms with Crippen LogP contribution in [0.4, 0.5) is 0 Å². The van der Waals surface area contributed by atoms with E-state index in [1.807, 2.05) is 34.9 Å². The summed E-state index contributed by atoms with van der Waals surface area (Å²) in [6, 6.07) is 11.6. The molecule has 128 valence electrons. The molecule has 2 bridgehead atoms. The molecule has 1 amide bonds. The van der Waals surface area contributed by atoms with E-state index in [0.29, 0.717) is 17.0 Å². The quantitative estimate of drug-likeness (QED) is 0.757. The number of hydrogen-bond donors (Lipinski definition) is 2. The number of benzene rings is 1. The molecule has 2 aromatic heterocycles. The van der Waals surface area contributed by atoms with Crippen LogP contribution in [0.5, 0.6) is 5.75 Å². The number of fused-ring (bicyclic) bond motifs is 6. The summed E-state index contributed by atoms with van der Waals surface area (Å²) in [6.07, 6.45) is 4.18. The second-order valence-corrected chi connectivity index (χ2v) is 7.29. The first kappa shape index (κ1) is 14.8. The van der Waals surface area contributed by atoms with E-state index in [-0.39, 0.29) is 17.7 Å². The molecule has 3 aliphatic rings. The Balaban J connectivity index is 1.49. The zero-order valence-corrected chi connectivity index (χ0v) is 14.0. The van der Waals surface area contributed by atoms with Crippen LogP contribution in [0.15, 0.2) is 42.6 Å². The first-order chi connectivity index (χ1) is 12.2. The number of nitrogens with zero attached hydrogens (tertiary/aromatic N) is 2. The molecule has 3 fully saturated rings. The minimum absolute atomic E-state index is 0.0501. The van der Waals surface area contributed by atoms with Gasteiger partial charge in [0, 0.05) is 24.2 Å². The number of carbonyl (C=O) groups excluding carboxylic acids is 1. The highest BCUT2D eigenvalue weighted by Crippen LogP contribution is 2.29. The van der Waals surface area contributed by atoms with Crippen LogP contribution in [-0.2, 0) is 0 Å². The highest BCUT2D eigenvalue weighted by atomic mass is 16.3. The third-order valence-electron chi connectivity index (χ3n) is 5.81. The van der Waals surface area contributed by atoms with E-state index in [1.165, 1.54) is 12.8 Å². The van der Waals surface area contributed by atoms with Crippen molar-refractivity contribution in [3.63, 3.8) is 0 Å². The molecule has 25 heavy (non-hydrogen) atoms. The van der Waals surface area contributed by atoms with Crippen molar-refractivity contribution < 1.29 is 9.90 Å². The maximum Gasteiger partial charge on any atom is 0.253 e. The van der Waals surface area contributed by atoms with E-state index in [1.54, 1.807) is 12.1 Å². The van der Waals surface area contributed by atoms with E-state index in [4.69, 9.17) is 0 Å². The SMILES string of the molecule is O=C(N[C@H]1CN2CCC1CC2)c1cc2c(O)cc3ccccc3n2c1. The lowest BCUT2D eigenvalue weighted by Crippen LogP contribution is -2.57. The highest BCUT2D eigenvalue weighted by Gasteiger charge is 2.35. The number of aromatic hydroxyl groups is 1. The number of pyridine rings is 1. The fourth-order valence-electron chi connectivity index (χ4n) is 4.41. The first-order valence-corrected chi connectivity index (χ1v) is 8.95. The van der Waals surface area contributed by atoms with Crippen molar-refractivity contribution in [2.24, 2.45) is 5.92 Å². The Labute approximate surface area is 145 Å². The lowest BCUT2D eigenvalue weighted by molar-refractivity contribution is 0.0620. The van der Waals surface area contributed by atoms with Gasteiger partial charge in [0.05, 0.1) is 16.6 Å². The van der Waals surface area contributed by atoms with Crippen LogP contribution >= 0.6 is 0 Å². The fourth-order valence-corrected chi connectivity index (χ4v) is 4.41. The van der Waals surface area contributed by atoms with Gasteiger partial charge in [-0.15, -0.1) is 0 Å². The van der Waals surface area contributed by atoms with Crippen molar-refractivity contribution >= 4 is 22.3 Å². The summed E-state index contributed by atoms with van der Waals surface area (Å²) in [7, 11) is 0. The Hall–Kier alpha value is -2.53. The number of rotatable bonds is 2. The Morgan fingerprint density at radius 3 is 2.68 bits per heavy atom. The molecular formula is C20H21N3O2. The predicted octanol–water partition coefficient (Wildman–Crippen LogP) is 2.62. The van der Waals surface area contributed by atoms with E-state index in [2.05, 4.69) is 10.2 Å². The van der Waals surface area contributed by atoms with Gasteiger partial charge in [0.1, 0.15) is 5.75 Å². The Kier molecular flexibility index (Phi) is 3.25. The number of carbonyl (C=O) groups is 1. The van der Waals surface area contributed by atoms with Gasteiger partial charge in [-0.25, -0.2) is 0 Å². The van der Waals surface area contributed by atoms with Crippen molar-refractivity contribution in [3.05, 3.63) is 48.2 Å². The molecule has 0 saturated carbocycles. The van der Waals surface area contributed by atoms with Gasteiger partial charge in [-0.3, -0.25) is 4.79 Å².